The summed E-state index contributed by atoms with van der Waals surface area (Å²) in [6.07, 6.45) is 3.80. The zero-order valence-corrected chi connectivity index (χ0v) is 9.34. The first kappa shape index (κ1) is 10.7. The highest BCUT2D eigenvalue weighted by Gasteiger charge is 2.08. The summed E-state index contributed by atoms with van der Waals surface area (Å²) in [6.45, 7) is 2.12. The van der Waals surface area contributed by atoms with Crippen molar-refractivity contribution < 1.29 is 4.79 Å². The van der Waals surface area contributed by atoms with Gasteiger partial charge in [-0.1, -0.05) is 30.3 Å². The molecule has 2 nitrogen and oxygen atoms in total. The highest BCUT2D eigenvalue weighted by molar-refractivity contribution is 5.72. The zero-order chi connectivity index (χ0) is 11.4. The second-order valence-corrected chi connectivity index (χ2v) is 4.00. The predicted octanol–water partition coefficient (Wildman–Crippen LogP) is 3.10. The lowest BCUT2D eigenvalue weighted by Gasteiger charge is -2.15. The first-order valence-electron chi connectivity index (χ1n) is 5.47. The van der Waals surface area contributed by atoms with E-state index in [1.165, 1.54) is 5.56 Å². The monoisotopic (exact) mass is 213 g/mol. The number of aromatic nitrogens is 1. The van der Waals surface area contributed by atoms with Gasteiger partial charge in [-0.05, 0) is 31.0 Å². The standard InChI is InChI=1S/C14H15NO/c1-12(10-13-6-3-2-4-7-13)15-9-5-8-14(15)11-16/h2-9,11-12H,10H2,1H3. The van der Waals surface area contributed by atoms with E-state index < -0.39 is 0 Å². The molecular weight excluding hydrogens is 198 g/mol. The van der Waals surface area contributed by atoms with Crippen molar-refractivity contribution in [1.29, 1.82) is 0 Å². The summed E-state index contributed by atoms with van der Waals surface area (Å²) in [7, 11) is 0. The van der Waals surface area contributed by atoms with Crippen molar-refractivity contribution in [3.63, 3.8) is 0 Å². The third-order valence-electron chi connectivity index (χ3n) is 2.78. The van der Waals surface area contributed by atoms with Gasteiger partial charge in [-0.3, -0.25) is 4.79 Å². The van der Waals surface area contributed by atoms with E-state index in [0.717, 1.165) is 18.4 Å². The minimum absolute atomic E-state index is 0.303. The van der Waals surface area contributed by atoms with Crippen molar-refractivity contribution >= 4 is 6.29 Å². The average molecular weight is 213 g/mol. The molecule has 2 heteroatoms. The van der Waals surface area contributed by atoms with E-state index in [1.807, 2.05) is 41.1 Å². The average Bonchev–Trinajstić information content (AvgIpc) is 2.78. The van der Waals surface area contributed by atoms with Crippen LogP contribution in [0.3, 0.4) is 0 Å². The van der Waals surface area contributed by atoms with Crippen molar-refractivity contribution in [1.82, 2.24) is 4.57 Å². The molecule has 0 aliphatic carbocycles. The molecule has 0 spiro atoms. The van der Waals surface area contributed by atoms with E-state index in [0.29, 0.717) is 6.04 Å². The maximum absolute atomic E-state index is 10.8. The van der Waals surface area contributed by atoms with Crippen molar-refractivity contribution in [3.8, 4) is 0 Å². The Balaban J connectivity index is 2.14. The number of carbonyl (C=O) groups is 1. The number of benzene rings is 1. The van der Waals surface area contributed by atoms with Crippen LogP contribution in [0.2, 0.25) is 0 Å². The Hall–Kier alpha value is -1.83. The molecule has 0 aliphatic heterocycles. The van der Waals surface area contributed by atoms with Crippen LogP contribution in [0.4, 0.5) is 0 Å². The molecule has 2 aromatic rings. The van der Waals surface area contributed by atoms with Gasteiger partial charge < -0.3 is 4.57 Å². The molecule has 0 N–H and O–H groups in total. The third-order valence-corrected chi connectivity index (χ3v) is 2.78. The summed E-state index contributed by atoms with van der Waals surface area (Å²) in [6, 6.07) is 14.4. The lowest BCUT2D eigenvalue weighted by Crippen LogP contribution is -2.09. The molecule has 1 unspecified atom stereocenters. The largest absolute Gasteiger partial charge is 0.342 e. The van der Waals surface area contributed by atoms with E-state index in [2.05, 4.69) is 19.1 Å². The first-order valence-corrected chi connectivity index (χ1v) is 5.47. The molecule has 2 rings (SSSR count). The second-order valence-electron chi connectivity index (χ2n) is 4.00. The number of nitrogens with zero attached hydrogens (tertiary/aromatic N) is 1. The Morgan fingerprint density at radius 2 is 1.94 bits per heavy atom. The Kier molecular flexibility index (Phi) is 3.20. The summed E-state index contributed by atoms with van der Waals surface area (Å²) in [5.41, 5.74) is 2.03. The highest BCUT2D eigenvalue weighted by Crippen LogP contribution is 2.15. The van der Waals surface area contributed by atoms with Crippen LogP contribution in [-0.4, -0.2) is 10.9 Å². The van der Waals surface area contributed by atoms with Crippen LogP contribution in [0.1, 0.15) is 29.0 Å². The molecule has 82 valence electrons. The first-order chi connectivity index (χ1) is 7.81. The molecule has 1 atom stereocenters. The second kappa shape index (κ2) is 4.79. The minimum Gasteiger partial charge on any atom is -0.342 e. The lowest BCUT2D eigenvalue weighted by atomic mass is 10.1. The van der Waals surface area contributed by atoms with Crippen molar-refractivity contribution in [3.05, 3.63) is 59.9 Å². The molecule has 1 aromatic carbocycles. The Morgan fingerprint density at radius 1 is 1.19 bits per heavy atom. The molecule has 0 saturated heterocycles. The highest BCUT2D eigenvalue weighted by atomic mass is 16.1. The van der Waals surface area contributed by atoms with E-state index in [1.54, 1.807) is 0 Å². The number of carbonyl (C=O) groups excluding carboxylic acids is 1. The Morgan fingerprint density at radius 3 is 2.62 bits per heavy atom. The van der Waals surface area contributed by atoms with Crippen LogP contribution in [0.15, 0.2) is 48.7 Å². The van der Waals surface area contributed by atoms with E-state index in [4.69, 9.17) is 0 Å². The van der Waals surface area contributed by atoms with Gasteiger partial charge in [0.1, 0.15) is 0 Å². The summed E-state index contributed by atoms with van der Waals surface area (Å²) in [4.78, 5) is 10.8. The van der Waals surface area contributed by atoms with E-state index >= 15 is 0 Å². The number of rotatable bonds is 4. The van der Waals surface area contributed by atoms with Crippen LogP contribution in [0.5, 0.6) is 0 Å². The summed E-state index contributed by atoms with van der Waals surface area (Å²) < 4.78 is 2.01. The molecule has 1 heterocycles. The van der Waals surface area contributed by atoms with Crippen molar-refractivity contribution in [2.45, 2.75) is 19.4 Å². The van der Waals surface area contributed by atoms with Gasteiger partial charge >= 0.3 is 0 Å². The van der Waals surface area contributed by atoms with Crippen LogP contribution >= 0.6 is 0 Å². The molecule has 1 aromatic heterocycles. The van der Waals surface area contributed by atoms with Gasteiger partial charge in [-0.25, -0.2) is 0 Å². The van der Waals surface area contributed by atoms with Crippen LogP contribution in [-0.2, 0) is 6.42 Å². The summed E-state index contributed by atoms with van der Waals surface area (Å²) in [5, 5.41) is 0. The van der Waals surface area contributed by atoms with Gasteiger partial charge in [-0.15, -0.1) is 0 Å². The van der Waals surface area contributed by atoms with Crippen LogP contribution in [0.25, 0.3) is 0 Å². The van der Waals surface area contributed by atoms with Gasteiger partial charge in [0.15, 0.2) is 6.29 Å². The molecular formula is C14H15NO. The quantitative estimate of drug-likeness (QED) is 0.715. The zero-order valence-electron chi connectivity index (χ0n) is 9.34. The molecule has 16 heavy (non-hydrogen) atoms. The lowest BCUT2D eigenvalue weighted by molar-refractivity contribution is 0.111. The molecule has 0 amide bonds. The number of aldehydes is 1. The maximum atomic E-state index is 10.8. The van der Waals surface area contributed by atoms with Gasteiger partial charge in [0, 0.05) is 12.2 Å². The third kappa shape index (κ3) is 2.22. The fourth-order valence-corrected chi connectivity index (χ4v) is 1.96. The summed E-state index contributed by atoms with van der Waals surface area (Å²) in [5.74, 6) is 0. The normalized spacial score (nSPS) is 12.3. The fourth-order valence-electron chi connectivity index (χ4n) is 1.96. The van der Waals surface area contributed by atoms with Gasteiger partial charge in [0.2, 0.25) is 0 Å². The minimum atomic E-state index is 0.303. The van der Waals surface area contributed by atoms with Crippen LogP contribution < -0.4 is 0 Å². The smallest absolute Gasteiger partial charge is 0.166 e. The molecule has 0 saturated carbocycles. The molecule has 0 bridgehead atoms. The Bertz CT molecular complexity index is 459. The maximum Gasteiger partial charge on any atom is 0.166 e. The number of hydrogen-bond donors (Lipinski definition) is 0. The predicted molar refractivity (Wildman–Crippen MR) is 64.7 cm³/mol. The topological polar surface area (TPSA) is 22.0 Å². The fraction of sp³-hybridized carbons (Fsp3) is 0.214. The van der Waals surface area contributed by atoms with Crippen molar-refractivity contribution in [2.24, 2.45) is 0 Å². The van der Waals surface area contributed by atoms with E-state index in [-0.39, 0.29) is 0 Å². The van der Waals surface area contributed by atoms with Crippen LogP contribution in [0, 0.1) is 0 Å². The van der Waals surface area contributed by atoms with E-state index in [9.17, 15) is 4.79 Å². The Labute approximate surface area is 95.5 Å². The van der Waals surface area contributed by atoms with Crippen molar-refractivity contribution in [2.75, 3.05) is 0 Å². The van der Waals surface area contributed by atoms with Gasteiger partial charge in [0.25, 0.3) is 0 Å². The number of hydrogen-bond acceptors (Lipinski definition) is 1. The summed E-state index contributed by atoms with van der Waals surface area (Å²) >= 11 is 0. The molecule has 0 radical (unpaired) electrons. The SMILES string of the molecule is CC(Cc1ccccc1)n1cccc1C=O. The molecule has 0 fully saturated rings. The van der Waals surface area contributed by atoms with Gasteiger partial charge in [0.05, 0.1) is 5.69 Å². The molecule has 0 aliphatic rings. The van der Waals surface area contributed by atoms with Gasteiger partial charge in [-0.2, -0.15) is 0 Å².